The van der Waals surface area contributed by atoms with E-state index in [0.717, 1.165) is 24.1 Å². The molecule has 0 spiro atoms. The third kappa shape index (κ3) is 5.07. The number of hydrogen-bond acceptors (Lipinski definition) is 4. The number of likely N-dealkylation sites (N-methyl/N-ethyl adjacent to an activating group) is 1. The predicted octanol–water partition coefficient (Wildman–Crippen LogP) is 1.61. The van der Waals surface area contributed by atoms with Crippen molar-refractivity contribution in [2.24, 2.45) is 0 Å². The van der Waals surface area contributed by atoms with E-state index >= 15 is 0 Å². The van der Waals surface area contributed by atoms with Gasteiger partial charge >= 0.3 is 12.0 Å². The molecule has 1 aromatic heterocycles. The molecule has 1 fully saturated rings. The van der Waals surface area contributed by atoms with E-state index in [1.165, 1.54) is 0 Å². The van der Waals surface area contributed by atoms with Crippen LogP contribution < -0.4 is 10.6 Å². The van der Waals surface area contributed by atoms with Crippen LogP contribution in [0.25, 0.3) is 5.69 Å². The summed E-state index contributed by atoms with van der Waals surface area (Å²) in [6.45, 7) is 3.09. The number of urea groups is 1. The van der Waals surface area contributed by atoms with E-state index in [2.05, 4.69) is 15.7 Å². The van der Waals surface area contributed by atoms with E-state index in [1.807, 2.05) is 48.4 Å². The standard InChI is InChI=1S/C19H25N5O3/c1-2-23(13-18(25)26)17-8-15(9-17)22-19(27)20-10-14-11-21-24(12-14)16-6-4-3-5-7-16/h3-7,11-12,15,17H,2,8-10,13H2,1H3,(H,25,26)(H2,20,22,27). The Morgan fingerprint density at radius 3 is 2.70 bits per heavy atom. The Bertz CT molecular complexity index is 771. The maximum absolute atomic E-state index is 12.1. The van der Waals surface area contributed by atoms with E-state index in [4.69, 9.17) is 5.11 Å². The number of rotatable bonds is 8. The molecule has 0 atom stereocenters. The second-order valence-corrected chi connectivity index (χ2v) is 6.73. The van der Waals surface area contributed by atoms with Crippen LogP contribution >= 0.6 is 0 Å². The van der Waals surface area contributed by atoms with Gasteiger partial charge in [0, 0.05) is 30.4 Å². The minimum atomic E-state index is -0.818. The van der Waals surface area contributed by atoms with Gasteiger partial charge in [-0.1, -0.05) is 25.1 Å². The van der Waals surface area contributed by atoms with Crippen LogP contribution in [-0.2, 0) is 11.3 Å². The zero-order chi connectivity index (χ0) is 19.2. The third-order valence-electron chi connectivity index (χ3n) is 4.82. The quantitative estimate of drug-likeness (QED) is 0.655. The number of carbonyl (C=O) groups excluding carboxylic acids is 1. The molecular formula is C19H25N5O3. The number of benzene rings is 1. The van der Waals surface area contributed by atoms with Crippen LogP contribution in [0.4, 0.5) is 4.79 Å². The van der Waals surface area contributed by atoms with Crippen molar-refractivity contribution in [2.75, 3.05) is 13.1 Å². The average molecular weight is 371 g/mol. The maximum atomic E-state index is 12.1. The zero-order valence-corrected chi connectivity index (χ0v) is 15.3. The van der Waals surface area contributed by atoms with Crippen LogP contribution in [0, 0.1) is 0 Å². The Kier molecular flexibility index (Phi) is 6.08. The summed E-state index contributed by atoms with van der Waals surface area (Å²) in [6.07, 6.45) is 5.18. The molecule has 0 aliphatic heterocycles. The van der Waals surface area contributed by atoms with Crippen LogP contribution in [-0.4, -0.2) is 57.0 Å². The number of carboxylic acid groups (broad SMARTS) is 1. The third-order valence-corrected chi connectivity index (χ3v) is 4.82. The van der Waals surface area contributed by atoms with Crippen molar-refractivity contribution in [3.63, 3.8) is 0 Å². The average Bonchev–Trinajstić information content (AvgIpc) is 3.10. The minimum absolute atomic E-state index is 0.0471. The normalized spacial score (nSPS) is 18.7. The van der Waals surface area contributed by atoms with Gasteiger partial charge < -0.3 is 15.7 Å². The van der Waals surface area contributed by atoms with Gasteiger partial charge in [0.1, 0.15) is 0 Å². The van der Waals surface area contributed by atoms with Crippen LogP contribution in [0.5, 0.6) is 0 Å². The predicted molar refractivity (Wildman–Crippen MR) is 101 cm³/mol. The van der Waals surface area contributed by atoms with Crippen LogP contribution in [0.15, 0.2) is 42.7 Å². The highest BCUT2D eigenvalue weighted by Crippen LogP contribution is 2.25. The number of carbonyl (C=O) groups is 2. The van der Waals surface area contributed by atoms with Crippen LogP contribution in [0.2, 0.25) is 0 Å². The Labute approximate surface area is 158 Å². The van der Waals surface area contributed by atoms with E-state index in [9.17, 15) is 9.59 Å². The number of aromatic nitrogens is 2. The van der Waals surface area contributed by atoms with Gasteiger partial charge in [-0.2, -0.15) is 5.10 Å². The molecule has 1 saturated carbocycles. The number of carboxylic acids is 1. The Balaban J connectivity index is 1.40. The number of nitrogens with zero attached hydrogens (tertiary/aromatic N) is 3. The molecule has 27 heavy (non-hydrogen) atoms. The molecule has 2 amide bonds. The Morgan fingerprint density at radius 2 is 2.04 bits per heavy atom. The number of hydrogen-bond donors (Lipinski definition) is 3. The molecule has 8 nitrogen and oxygen atoms in total. The summed E-state index contributed by atoms with van der Waals surface area (Å²) >= 11 is 0. The lowest BCUT2D eigenvalue weighted by molar-refractivity contribution is -0.139. The number of para-hydroxylation sites is 1. The van der Waals surface area contributed by atoms with Crippen molar-refractivity contribution in [1.82, 2.24) is 25.3 Å². The molecule has 1 aliphatic carbocycles. The van der Waals surface area contributed by atoms with E-state index < -0.39 is 5.97 Å². The van der Waals surface area contributed by atoms with E-state index in [0.29, 0.717) is 13.1 Å². The minimum Gasteiger partial charge on any atom is -0.480 e. The Hall–Kier alpha value is -2.87. The molecule has 1 aliphatic rings. The summed E-state index contributed by atoms with van der Waals surface area (Å²) < 4.78 is 1.77. The molecule has 3 rings (SSSR count). The fraction of sp³-hybridized carbons (Fsp3) is 0.421. The highest BCUT2D eigenvalue weighted by molar-refractivity contribution is 5.74. The summed E-state index contributed by atoms with van der Waals surface area (Å²) in [7, 11) is 0. The molecular weight excluding hydrogens is 346 g/mol. The largest absolute Gasteiger partial charge is 0.480 e. The number of amides is 2. The first-order valence-corrected chi connectivity index (χ1v) is 9.14. The molecule has 3 N–H and O–H groups in total. The van der Waals surface area contributed by atoms with Gasteiger partial charge in [0.25, 0.3) is 0 Å². The summed E-state index contributed by atoms with van der Waals surface area (Å²) in [5, 5.41) is 19.0. The van der Waals surface area contributed by atoms with Crippen molar-refractivity contribution in [3.05, 3.63) is 48.3 Å². The first kappa shape index (κ1) is 18.9. The first-order valence-electron chi connectivity index (χ1n) is 9.14. The van der Waals surface area contributed by atoms with E-state index in [-0.39, 0.29) is 24.7 Å². The van der Waals surface area contributed by atoms with Gasteiger partial charge in [0.05, 0.1) is 18.4 Å². The smallest absolute Gasteiger partial charge is 0.317 e. The molecule has 1 aromatic carbocycles. The highest BCUT2D eigenvalue weighted by Gasteiger charge is 2.34. The Morgan fingerprint density at radius 1 is 1.30 bits per heavy atom. The van der Waals surface area contributed by atoms with Gasteiger partial charge in [0.2, 0.25) is 0 Å². The highest BCUT2D eigenvalue weighted by atomic mass is 16.4. The lowest BCUT2D eigenvalue weighted by Crippen LogP contribution is -2.56. The summed E-state index contributed by atoms with van der Waals surface area (Å²) in [5.74, 6) is -0.818. The van der Waals surface area contributed by atoms with E-state index in [1.54, 1.807) is 10.9 Å². The molecule has 0 saturated heterocycles. The lowest BCUT2D eigenvalue weighted by Gasteiger charge is -2.42. The first-order chi connectivity index (χ1) is 13.0. The summed E-state index contributed by atoms with van der Waals surface area (Å²) in [4.78, 5) is 24.8. The van der Waals surface area contributed by atoms with Crippen molar-refractivity contribution in [2.45, 2.75) is 38.4 Å². The maximum Gasteiger partial charge on any atom is 0.317 e. The topological polar surface area (TPSA) is 99.5 Å². The summed E-state index contributed by atoms with van der Waals surface area (Å²) in [6, 6.07) is 9.88. The lowest BCUT2D eigenvalue weighted by atomic mass is 9.85. The fourth-order valence-corrected chi connectivity index (χ4v) is 3.27. The molecule has 0 bridgehead atoms. The molecule has 0 radical (unpaired) electrons. The SMILES string of the molecule is CCN(CC(=O)O)C1CC(NC(=O)NCc2cnn(-c3ccccc3)c2)C1. The number of aliphatic carboxylic acids is 1. The van der Waals surface area contributed by atoms with Crippen LogP contribution in [0.3, 0.4) is 0 Å². The van der Waals surface area contributed by atoms with Crippen molar-refractivity contribution in [1.29, 1.82) is 0 Å². The van der Waals surface area contributed by atoms with Gasteiger partial charge in [-0.25, -0.2) is 9.48 Å². The molecule has 8 heteroatoms. The van der Waals surface area contributed by atoms with Crippen molar-refractivity contribution >= 4 is 12.0 Å². The second-order valence-electron chi connectivity index (χ2n) is 6.73. The fourth-order valence-electron chi connectivity index (χ4n) is 3.27. The number of nitrogens with one attached hydrogen (secondary N) is 2. The molecule has 2 aromatic rings. The van der Waals surface area contributed by atoms with Gasteiger partial charge in [-0.15, -0.1) is 0 Å². The molecule has 1 heterocycles. The van der Waals surface area contributed by atoms with Gasteiger partial charge in [-0.3, -0.25) is 9.69 Å². The van der Waals surface area contributed by atoms with Crippen LogP contribution in [0.1, 0.15) is 25.3 Å². The second kappa shape index (κ2) is 8.68. The monoisotopic (exact) mass is 371 g/mol. The zero-order valence-electron chi connectivity index (χ0n) is 15.3. The van der Waals surface area contributed by atoms with Gasteiger partial charge in [-0.05, 0) is 31.5 Å². The molecule has 144 valence electrons. The summed E-state index contributed by atoms with van der Waals surface area (Å²) in [5.41, 5.74) is 1.88. The molecule has 0 unspecified atom stereocenters. The van der Waals surface area contributed by atoms with Gasteiger partial charge in [0.15, 0.2) is 0 Å². The van der Waals surface area contributed by atoms with Crippen molar-refractivity contribution in [3.8, 4) is 5.69 Å². The van der Waals surface area contributed by atoms with Crippen molar-refractivity contribution < 1.29 is 14.7 Å².